The molecule has 1 aromatic rings. The molecule has 5 heteroatoms. The number of rotatable bonds is 7. The van der Waals surface area contributed by atoms with Crippen LogP contribution in [0.2, 0.25) is 0 Å². The van der Waals surface area contributed by atoms with E-state index in [4.69, 9.17) is 0 Å². The highest BCUT2D eigenvalue weighted by Gasteiger charge is 2.05. The minimum absolute atomic E-state index is 0.0252. The van der Waals surface area contributed by atoms with Crippen LogP contribution in [0.5, 0.6) is 0 Å². The molecule has 0 aliphatic heterocycles. The molecule has 16 heavy (non-hydrogen) atoms. The lowest BCUT2D eigenvalue weighted by atomic mass is 10.4. The van der Waals surface area contributed by atoms with Crippen molar-refractivity contribution in [3.63, 3.8) is 0 Å². The number of carbonyl (C=O) groups excluding carboxylic acids is 1. The fraction of sp³-hybridized carbons (Fsp3) is 0.636. The van der Waals surface area contributed by atoms with Crippen molar-refractivity contribution in [1.29, 1.82) is 0 Å². The standard InChI is InChI=1S/C11H20N4O/c1-3-5-12-6-10-7-13-9-15(10)8-11(16)14-4-2/h7,9,12H,3-6,8H2,1-2H3,(H,14,16). The van der Waals surface area contributed by atoms with Gasteiger partial charge in [0.25, 0.3) is 0 Å². The van der Waals surface area contributed by atoms with Crippen molar-refractivity contribution in [1.82, 2.24) is 20.2 Å². The van der Waals surface area contributed by atoms with Crippen molar-refractivity contribution in [2.45, 2.75) is 33.4 Å². The van der Waals surface area contributed by atoms with Crippen LogP contribution in [-0.4, -0.2) is 28.5 Å². The fourth-order valence-electron chi connectivity index (χ4n) is 1.44. The first-order valence-electron chi connectivity index (χ1n) is 5.74. The summed E-state index contributed by atoms with van der Waals surface area (Å²) in [4.78, 5) is 15.5. The van der Waals surface area contributed by atoms with E-state index in [-0.39, 0.29) is 5.91 Å². The number of aromatic nitrogens is 2. The van der Waals surface area contributed by atoms with Gasteiger partial charge in [-0.3, -0.25) is 4.79 Å². The molecule has 1 heterocycles. The highest BCUT2D eigenvalue weighted by atomic mass is 16.1. The monoisotopic (exact) mass is 224 g/mol. The van der Waals surface area contributed by atoms with E-state index in [2.05, 4.69) is 22.5 Å². The Morgan fingerprint density at radius 3 is 3.00 bits per heavy atom. The average molecular weight is 224 g/mol. The Kier molecular flexibility index (Phi) is 5.56. The lowest BCUT2D eigenvalue weighted by molar-refractivity contribution is -0.121. The molecule has 0 aliphatic carbocycles. The van der Waals surface area contributed by atoms with Crippen molar-refractivity contribution in [2.75, 3.05) is 13.1 Å². The largest absolute Gasteiger partial charge is 0.355 e. The van der Waals surface area contributed by atoms with E-state index < -0.39 is 0 Å². The molecule has 0 saturated carbocycles. The molecule has 0 atom stereocenters. The van der Waals surface area contributed by atoms with Crippen molar-refractivity contribution in [3.8, 4) is 0 Å². The maximum absolute atomic E-state index is 11.4. The van der Waals surface area contributed by atoms with Gasteiger partial charge in [0, 0.05) is 19.3 Å². The molecule has 0 fully saturated rings. The molecule has 0 spiro atoms. The van der Waals surface area contributed by atoms with E-state index in [1.54, 1.807) is 12.5 Å². The van der Waals surface area contributed by atoms with E-state index in [0.717, 1.165) is 25.2 Å². The second-order valence-electron chi connectivity index (χ2n) is 3.64. The number of hydrogen-bond donors (Lipinski definition) is 2. The molecule has 5 nitrogen and oxygen atoms in total. The summed E-state index contributed by atoms with van der Waals surface area (Å²) in [5.41, 5.74) is 1.04. The Morgan fingerprint density at radius 2 is 2.31 bits per heavy atom. The van der Waals surface area contributed by atoms with Crippen LogP contribution in [0.4, 0.5) is 0 Å². The van der Waals surface area contributed by atoms with E-state index >= 15 is 0 Å². The lowest BCUT2D eigenvalue weighted by Crippen LogP contribution is -2.28. The van der Waals surface area contributed by atoms with E-state index in [0.29, 0.717) is 13.1 Å². The molecule has 1 amide bonds. The van der Waals surface area contributed by atoms with Gasteiger partial charge in [-0.05, 0) is 19.9 Å². The highest BCUT2D eigenvalue weighted by molar-refractivity contribution is 5.75. The van der Waals surface area contributed by atoms with Gasteiger partial charge in [-0.2, -0.15) is 0 Å². The molecule has 0 aromatic carbocycles. The Labute approximate surface area is 96.3 Å². The second kappa shape index (κ2) is 7.00. The van der Waals surface area contributed by atoms with Crippen LogP contribution in [0.3, 0.4) is 0 Å². The number of amides is 1. The number of carbonyl (C=O) groups is 1. The topological polar surface area (TPSA) is 59.0 Å². The van der Waals surface area contributed by atoms with Crippen LogP contribution < -0.4 is 10.6 Å². The zero-order valence-electron chi connectivity index (χ0n) is 9.99. The lowest BCUT2D eigenvalue weighted by Gasteiger charge is -2.08. The number of nitrogens with one attached hydrogen (secondary N) is 2. The fourth-order valence-corrected chi connectivity index (χ4v) is 1.44. The molecule has 0 unspecified atom stereocenters. The van der Waals surface area contributed by atoms with Crippen molar-refractivity contribution in [3.05, 3.63) is 18.2 Å². The SMILES string of the molecule is CCCNCc1cncn1CC(=O)NCC. The first kappa shape index (κ1) is 12.7. The molecule has 1 aromatic heterocycles. The quantitative estimate of drug-likeness (QED) is 0.664. The second-order valence-corrected chi connectivity index (χ2v) is 3.64. The van der Waals surface area contributed by atoms with Gasteiger partial charge in [0.1, 0.15) is 6.54 Å². The summed E-state index contributed by atoms with van der Waals surface area (Å²) < 4.78 is 1.87. The number of likely N-dealkylation sites (N-methyl/N-ethyl adjacent to an activating group) is 1. The van der Waals surface area contributed by atoms with Gasteiger partial charge in [0.2, 0.25) is 5.91 Å². The third-order valence-electron chi connectivity index (χ3n) is 2.22. The molecule has 0 saturated heterocycles. The molecule has 0 bridgehead atoms. The minimum Gasteiger partial charge on any atom is -0.355 e. The van der Waals surface area contributed by atoms with Gasteiger partial charge >= 0.3 is 0 Å². The Balaban J connectivity index is 2.46. The maximum atomic E-state index is 11.4. The predicted molar refractivity (Wildman–Crippen MR) is 62.9 cm³/mol. The van der Waals surface area contributed by atoms with Crippen molar-refractivity contribution >= 4 is 5.91 Å². The van der Waals surface area contributed by atoms with Gasteiger partial charge in [-0.25, -0.2) is 4.98 Å². The van der Waals surface area contributed by atoms with Gasteiger partial charge in [-0.15, -0.1) is 0 Å². The summed E-state index contributed by atoms with van der Waals surface area (Å²) in [6.45, 7) is 6.78. The van der Waals surface area contributed by atoms with Crippen LogP contribution in [0, 0.1) is 0 Å². The Morgan fingerprint density at radius 1 is 1.50 bits per heavy atom. The summed E-state index contributed by atoms with van der Waals surface area (Å²) in [5, 5.41) is 6.06. The third-order valence-corrected chi connectivity index (χ3v) is 2.22. The summed E-state index contributed by atoms with van der Waals surface area (Å²) in [6, 6.07) is 0. The summed E-state index contributed by atoms with van der Waals surface area (Å²) in [6.07, 6.45) is 4.59. The van der Waals surface area contributed by atoms with Crippen LogP contribution in [0.25, 0.3) is 0 Å². The van der Waals surface area contributed by atoms with E-state index in [1.165, 1.54) is 0 Å². The predicted octanol–water partition coefficient (Wildman–Crippen LogP) is 0.519. The highest BCUT2D eigenvalue weighted by Crippen LogP contribution is 1.98. The molecule has 0 aliphatic rings. The molecular weight excluding hydrogens is 204 g/mol. The minimum atomic E-state index is 0.0252. The van der Waals surface area contributed by atoms with Gasteiger partial charge in [0.15, 0.2) is 0 Å². The van der Waals surface area contributed by atoms with Crippen LogP contribution >= 0.6 is 0 Å². The first-order chi connectivity index (χ1) is 7.77. The van der Waals surface area contributed by atoms with Crippen LogP contribution in [-0.2, 0) is 17.9 Å². The Bertz CT molecular complexity index is 322. The summed E-state index contributed by atoms with van der Waals surface area (Å²) in [5.74, 6) is 0.0252. The van der Waals surface area contributed by atoms with Crippen molar-refractivity contribution < 1.29 is 4.79 Å². The number of hydrogen-bond acceptors (Lipinski definition) is 3. The third kappa shape index (κ3) is 4.02. The van der Waals surface area contributed by atoms with E-state index in [9.17, 15) is 4.79 Å². The molecule has 1 rings (SSSR count). The first-order valence-corrected chi connectivity index (χ1v) is 5.74. The number of imidazole rings is 1. The van der Waals surface area contributed by atoms with Crippen molar-refractivity contribution in [2.24, 2.45) is 0 Å². The molecule has 90 valence electrons. The average Bonchev–Trinajstić information content (AvgIpc) is 2.66. The van der Waals surface area contributed by atoms with Gasteiger partial charge in [0.05, 0.1) is 12.0 Å². The zero-order valence-corrected chi connectivity index (χ0v) is 9.99. The van der Waals surface area contributed by atoms with Gasteiger partial charge in [-0.1, -0.05) is 6.92 Å². The molecule has 0 radical (unpaired) electrons. The molecular formula is C11H20N4O. The summed E-state index contributed by atoms with van der Waals surface area (Å²) in [7, 11) is 0. The maximum Gasteiger partial charge on any atom is 0.239 e. The number of nitrogens with zero attached hydrogens (tertiary/aromatic N) is 2. The summed E-state index contributed by atoms with van der Waals surface area (Å²) >= 11 is 0. The van der Waals surface area contributed by atoms with Gasteiger partial charge < -0.3 is 15.2 Å². The van der Waals surface area contributed by atoms with E-state index in [1.807, 2.05) is 11.5 Å². The molecule has 2 N–H and O–H groups in total. The smallest absolute Gasteiger partial charge is 0.239 e. The zero-order chi connectivity index (χ0) is 11.8. The van der Waals surface area contributed by atoms with Crippen LogP contribution in [0.1, 0.15) is 26.0 Å². The Hall–Kier alpha value is -1.36. The normalized spacial score (nSPS) is 10.4. The van der Waals surface area contributed by atoms with Crippen LogP contribution in [0.15, 0.2) is 12.5 Å².